The first-order valence-corrected chi connectivity index (χ1v) is 6.26. The summed E-state index contributed by atoms with van der Waals surface area (Å²) >= 11 is 18.6. The van der Waals surface area contributed by atoms with Gasteiger partial charge in [-0.15, -0.1) is 0 Å². The van der Waals surface area contributed by atoms with Crippen LogP contribution in [0.3, 0.4) is 0 Å². The van der Waals surface area contributed by atoms with Gasteiger partial charge in [-0.1, -0.05) is 55.6 Å². The van der Waals surface area contributed by atoms with Crippen molar-refractivity contribution in [2.24, 2.45) is 5.92 Å². The fraction of sp³-hybridized carbons (Fsp3) is 0.500. The van der Waals surface area contributed by atoms with Crippen LogP contribution in [0, 0.1) is 5.92 Å². The van der Waals surface area contributed by atoms with Gasteiger partial charge in [-0.2, -0.15) is 0 Å². The third-order valence-electron chi connectivity index (χ3n) is 2.32. The Morgan fingerprint density at radius 3 is 2.20 bits per heavy atom. The summed E-state index contributed by atoms with van der Waals surface area (Å²) in [5.74, 6) is 0.517. The summed E-state index contributed by atoms with van der Waals surface area (Å²) in [6, 6.07) is 1.92. The van der Waals surface area contributed by atoms with Gasteiger partial charge in [0.05, 0.1) is 10.0 Å². The SMILES string of the molecule is CCc1cc(Cl)c(CC(C)C)c(Cl)c1Cl. The van der Waals surface area contributed by atoms with E-state index in [1.165, 1.54) is 0 Å². The van der Waals surface area contributed by atoms with Crippen LogP contribution in [-0.2, 0) is 12.8 Å². The fourth-order valence-electron chi connectivity index (χ4n) is 1.53. The van der Waals surface area contributed by atoms with E-state index in [-0.39, 0.29) is 0 Å². The van der Waals surface area contributed by atoms with E-state index in [0.29, 0.717) is 16.0 Å². The minimum atomic E-state index is 0.517. The normalized spacial score (nSPS) is 11.1. The highest BCUT2D eigenvalue weighted by Gasteiger charge is 2.14. The van der Waals surface area contributed by atoms with E-state index in [9.17, 15) is 0 Å². The minimum Gasteiger partial charge on any atom is -0.0840 e. The van der Waals surface area contributed by atoms with Crippen LogP contribution < -0.4 is 0 Å². The smallest absolute Gasteiger partial charge is 0.0642 e. The lowest BCUT2D eigenvalue weighted by Crippen LogP contribution is -1.98. The Kier molecular flexibility index (Phi) is 4.76. The van der Waals surface area contributed by atoms with Crippen molar-refractivity contribution in [2.75, 3.05) is 0 Å². The lowest BCUT2D eigenvalue weighted by Gasteiger charge is -2.13. The number of hydrogen-bond acceptors (Lipinski definition) is 0. The number of rotatable bonds is 3. The number of benzene rings is 1. The molecule has 0 aliphatic rings. The molecule has 1 aromatic rings. The van der Waals surface area contributed by atoms with Gasteiger partial charge in [-0.25, -0.2) is 0 Å². The predicted molar refractivity (Wildman–Crippen MR) is 69.4 cm³/mol. The molecule has 0 saturated carbocycles. The van der Waals surface area contributed by atoms with Gasteiger partial charge in [-0.05, 0) is 36.0 Å². The van der Waals surface area contributed by atoms with Crippen LogP contribution in [-0.4, -0.2) is 0 Å². The van der Waals surface area contributed by atoms with E-state index in [1.807, 2.05) is 13.0 Å². The molecule has 1 aromatic carbocycles. The van der Waals surface area contributed by atoms with E-state index in [1.54, 1.807) is 0 Å². The molecule has 0 heterocycles. The Bertz CT molecular complexity index is 356. The maximum atomic E-state index is 6.21. The van der Waals surface area contributed by atoms with Gasteiger partial charge >= 0.3 is 0 Å². The molecule has 0 fully saturated rings. The van der Waals surface area contributed by atoms with Crippen molar-refractivity contribution in [1.29, 1.82) is 0 Å². The Labute approximate surface area is 107 Å². The lowest BCUT2D eigenvalue weighted by molar-refractivity contribution is 0.647. The van der Waals surface area contributed by atoms with Crippen LogP contribution in [0.25, 0.3) is 0 Å². The monoisotopic (exact) mass is 264 g/mol. The second-order valence-corrected chi connectivity index (χ2v) is 5.24. The van der Waals surface area contributed by atoms with Crippen LogP contribution in [0.4, 0.5) is 0 Å². The van der Waals surface area contributed by atoms with Crippen molar-refractivity contribution in [3.8, 4) is 0 Å². The highest BCUT2D eigenvalue weighted by molar-refractivity contribution is 6.44. The van der Waals surface area contributed by atoms with Crippen LogP contribution >= 0.6 is 34.8 Å². The molecule has 0 amide bonds. The summed E-state index contributed by atoms with van der Waals surface area (Å²) in [6.07, 6.45) is 1.71. The second kappa shape index (κ2) is 5.43. The highest BCUT2D eigenvalue weighted by atomic mass is 35.5. The Hall–Kier alpha value is 0.0900. The van der Waals surface area contributed by atoms with Crippen LogP contribution in [0.2, 0.25) is 15.1 Å². The molecule has 0 radical (unpaired) electrons. The molecule has 0 aliphatic heterocycles. The molecule has 0 aliphatic carbocycles. The first-order valence-electron chi connectivity index (χ1n) is 5.12. The average Bonchev–Trinajstić information content (AvgIpc) is 2.18. The van der Waals surface area contributed by atoms with Gasteiger partial charge in [-0.3, -0.25) is 0 Å². The Balaban J connectivity index is 3.23. The molecule has 0 atom stereocenters. The van der Waals surface area contributed by atoms with Crippen molar-refractivity contribution >= 4 is 34.8 Å². The maximum Gasteiger partial charge on any atom is 0.0642 e. The molecule has 1 rings (SSSR count). The van der Waals surface area contributed by atoms with E-state index in [0.717, 1.165) is 29.0 Å². The first kappa shape index (κ1) is 13.2. The van der Waals surface area contributed by atoms with Crippen LogP contribution in [0.15, 0.2) is 6.07 Å². The Morgan fingerprint density at radius 1 is 1.13 bits per heavy atom. The minimum absolute atomic E-state index is 0.517. The molecular weight excluding hydrogens is 250 g/mol. The number of aryl methyl sites for hydroxylation is 1. The van der Waals surface area contributed by atoms with Crippen molar-refractivity contribution in [3.63, 3.8) is 0 Å². The molecule has 0 N–H and O–H groups in total. The summed E-state index contributed by atoms with van der Waals surface area (Å²) in [7, 11) is 0. The molecule has 3 heteroatoms. The van der Waals surface area contributed by atoms with Crippen LogP contribution in [0.1, 0.15) is 31.9 Å². The van der Waals surface area contributed by atoms with Crippen molar-refractivity contribution in [1.82, 2.24) is 0 Å². The van der Waals surface area contributed by atoms with Crippen molar-refractivity contribution < 1.29 is 0 Å². The van der Waals surface area contributed by atoms with Gasteiger partial charge in [0.1, 0.15) is 0 Å². The molecule has 84 valence electrons. The van der Waals surface area contributed by atoms with Gasteiger partial charge in [0, 0.05) is 5.02 Å². The Morgan fingerprint density at radius 2 is 1.73 bits per heavy atom. The van der Waals surface area contributed by atoms with E-state index >= 15 is 0 Å². The fourth-order valence-corrected chi connectivity index (χ4v) is 2.49. The zero-order valence-electron chi connectivity index (χ0n) is 9.20. The van der Waals surface area contributed by atoms with E-state index in [4.69, 9.17) is 34.8 Å². The maximum absolute atomic E-state index is 6.21. The number of halogens is 3. The molecule has 0 unspecified atom stereocenters. The van der Waals surface area contributed by atoms with Crippen LogP contribution in [0.5, 0.6) is 0 Å². The van der Waals surface area contributed by atoms with Gasteiger partial charge < -0.3 is 0 Å². The zero-order valence-corrected chi connectivity index (χ0v) is 11.5. The molecule has 0 aromatic heterocycles. The summed E-state index contributed by atoms with van der Waals surface area (Å²) in [5.41, 5.74) is 1.98. The van der Waals surface area contributed by atoms with Gasteiger partial charge in [0.2, 0.25) is 0 Å². The molecule has 0 spiro atoms. The second-order valence-electron chi connectivity index (χ2n) is 4.08. The largest absolute Gasteiger partial charge is 0.0840 e. The zero-order chi connectivity index (χ0) is 11.6. The van der Waals surface area contributed by atoms with E-state index < -0.39 is 0 Å². The van der Waals surface area contributed by atoms with Crippen molar-refractivity contribution in [2.45, 2.75) is 33.6 Å². The summed E-state index contributed by atoms with van der Waals surface area (Å²) in [5, 5.41) is 2.00. The summed E-state index contributed by atoms with van der Waals surface area (Å²) in [4.78, 5) is 0. The van der Waals surface area contributed by atoms with Crippen molar-refractivity contribution in [3.05, 3.63) is 32.3 Å². The molecule has 0 saturated heterocycles. The summed E-state index contributed by atoms with van der Waals surface area (Å²) in [6.45, 7) is 6.30. The standard InChI is InChI=1S/C12H15Cl3/c1-4-8-6-10(13)9(5-7(2)3)12(15)11(8)14/h6-7H,4-5H2,1-3H3. The van der Waals surface area contributed by atoms with E-state index in [2.05, 4.69) is 13.8 Å². The van der Waals surface area contributed by atoms with Gasteiger partial charge in [0.15, 0.2) is 0 Å². The quantitative estimate of drug-likeness (QED) is 0.641. The topological polar surface area (TPSA) is 0 Å². The predicted octanol–water partition coefficient (Wildman–Crippen LogP) is 5.41. The molecule has 15 heavy (non-hydrogen) atoms. The third kappa shape index (κ3) is 3.03. The summed E-state index contributed by atoms with van der Waals surface area (Å²) < 4.78 is 0. The molecule has 0 bridgehead atoms. The molecule has 0 nitrogen and oxygen atoms in total. The highest BCUT2D eigenvalue weighted by Crippen LogP contribution is 2.36. The first-order chi connectivity index (χ1) is 6.97. The molecular formula is C12H15Cl3. The lowest BCUT2D eigenvalue weighted by atomic mass is 10.0. The third-order valence-corrected chi connectivity index (χ3v) is 3.60. The van der Waals surface area contributed by atoms with Gasteiger partial charge in [0.25, 0.3) is 0 Å². The average molecular weight is 266 g/mol. The number of hydrogen-bond donors (Lipinski definition) is 0.